The Balaban J connectivity index is 1.57. The summed E-state index contributed by atoms with van der Waals surface area (Å²) in [5, 5.41) is 0. The minimum Gasteiger partial charge on any atom is -0.302 e. The van der Waals surface area contributed by atoms with Crippen molar-refractivity contribution in [3.8, 4) is 0 Å². The molecule has 0 unspecified atom stereocenters. The summed E-state index contributed by atoms with van der Waals surface area (Å²) in [6, 6.07) is 20.9. The lowest BCUT2D eigenvalue weighted by atomic mass is 10.1. The van der Waals surface area contributed by atoms with Crippen molar-refractivity contribution >= 4 is 40.0 Å². The molecule has 0 saturated heterocycles. The topological polar surface area (TPSA) is 63.4 Å². The second kappa shape index (κ2) is 6.86. The molecule has 5 aromatic rings. The molecule has 0 bridgehead atoms. The highest BCUT2D eigenvalue weighted by molar-refractivity contribution is 7.00. The molecule has 7 heteroatoms. The van der Waals surface area contributed by atoms with Crippen LogP contribution in [0.3, 0.4) is 0 Å². The molecule has 0 aliphatic heterocycles. The second-order valence-electron chi connectivity index (χ2n) is 6.37. The lowest BCUT2D eigenvalue weighted by Gasteiger charge is -2.23. The number of pyridine rings is 1. The van der Waals surface area contributed by atoms with Crippen molar-refractivity contribution in [2.45, 2.75) is 6.54 Å². The van der Waals surface area contributed by atoms with E-state index < -0.39 is 0 Å². The number of rotatable bonds is 4. The maximum atomic E-state index is 13.4. The average molecular weight is 385 g/mol. The molecule has 0 spiro atoms. The van der Waals surface area contributed by atoms with Crippen LogP contribution in [0, 0.1) is 0 Å². The van der Waals surface area contributed by atoms with Crippen LogP contribution < -0.4 is 4.90 Å². The molecule has 5 rings (SSSR count). The molecule has 0 atom stereocenters. The zero-order chi connectivity index (χ0) is 18.9. The summed E-state index contributed by atoms with van der Waals surface area (Å²) >= 11 is 1.15. The minimum atomic E-state index is -0.0908. The van der Waals surface area contributed by atoms with Gasteiger partial charge in [-0.05, 0) is 42.5 Å². The highest BCUT2D eigenvalue weighted by atomic mass is 32.1. The third-order valence-electron chi connectivity index (χ3n) is 4.63. The number of imidazole rings is 1. The monoisotopic (exact) mass is 385 g/mol. The van der Waals surface area contributed by atoms with Crippen LogP contribution in [-0.2, 0) is 6.54 Å². The Morgan fingerprint density at radius 3 is 2.68 bits per heavy atom. The van der Waals surface area contributed by atoms with E-state index in [4.69, 9.17) is 0 Å². The number of carbonyl (C=O) groups is 1. The molecule has 2 aromatic carbocycles. The maximum absolute atomic E-state index is 13.4. The summed E-state index contributed by atoms with van der Waals surface area (Å²) in [5.74, 6) is -0.0908. The van der Waals surface area contributed by atoms with Gasteiger partial charge in [0.25, 0.3) is 5.91 Å². The number of hydrogen-bond donors (Lipinski definition) is 0. The fourth-order valence-corrected chi connectivity index (χ4v) is 3.74. The molecule has 0 aliphatic rings. The van der Waals surface area contributed by atoms with Crippen molar-refractivity contribution in [3.05, 3.63) is 90.4 Å². The Kier molecular flexibility index (Phi) is 4.06. The fraction of sp³-hybridized carbons (Fsp3) is 0.0476. The molecule has 0 fully saturated rings. The molecule has 3 aromatic heterocycles. The molecular formula is C21H15N5OS. The predicted molar refractivity (Wildman–Crippen MR) is 110 cm³/mol. The van der Waals surface area contributed by atoms with Crippen molar-refractivity contribution < 1.29 is 4.79 Å². The number of anilines is 1. The van der Waals surface area contributed by atoms with E-state index in [9.17, 15) is 4.79 Å². The molecule has 3 heterocycles. The van der Waals surface area contributed by atoms with Gasteiger partial charge in [-0.3, -0.25) is 4.79 Å². The Bertz CT molecular complexity index is 1280. The molecule has 1 amide bonds. The summed E-state index contributed by atoms with van der Waals surface area (Å²) in [5.41, 5.74) is 4.73. The number of amides is 1. The highest BCUT2D eigenvalue weighted by Gasteiger charge is 2.20. The summed E-state index contributed by atoms with van der Waals surface area (Å²) in [4.78, 5) is 19.6. The van der Waals surface area contributed by atoms with Gasteiger partial charge in [0.15, 0.2) is 0 Å². The maximum Gasteiger partial charge on any atom is 0.258 e. The number of hydrogen-bond acceptors (Lipinski definition) is 5. The van der Waals surface area contributed by atoms with Gasteiger partial charge in [-0.2, -0.15) is 8.75 Å². The molecule has 0 aliphatic carbocycles. The number of carbonyl (C=O) groups excluding carboxylic acids is 1. The van der Waals surface area contributed by atoms with E-state index in [1.807, 2.05) is 71.4 Å². The molecule has 136 valence electrons. The first-order chi connectivity index (χ1) is 13.8. The van der Waals surface area contributed by atoms with Crippen LogP contribution >= 0.6 is 11.7 Å². The van der Waals surface area contributed by atoms with E-state index in [2.05, 4.69) is 13.7 Å². The smallest absolute Gasteiger partial charge is 0.258 e. The van der Waals surface area contributed by atoms with Crippen molar-refractivity contribution in [2.75, 3.05) is 4.90 Å². The number of benzene rings is 2. The van der Waals surface area contributed by atoms with Gasteiger partial charge in [-0.15, -0.1) is 0 Å². The van der Waals surface area contributed by atoms with E-state index in [-0.39, 0.29) is 5.91 Å². The van der Waals surface area contributed by atoms with Gasteiger partial charge >= 0.3 is 0 Å². The number of fused-ring (bicyclic) bond motifs is 2. The average Bonchev–Trinajstić information content (AvgIpc) is 3.38. The lowest BCUT2D eigenvalue weighted by Crippen LogP contribution is -2.30. The van der Waals surface area contributed by atoms with Gasteiger partial charge in [0.2, 0.25) is 0 Å². The zero-order valence-electron chi connectivity index (χ0n) is 14.8. The standard InChI is InChI=1S/C21H15N5OS/c27-21(15-9-10-18-19(12-15)24-28-23-18)26(16-6-2-1-3-7-16)14-17-13-22-20-8-4-5-11-25(17)20/h1-13H,14H2. The first-order valence-corrected chi connectivity index (χ1v) is 9.53. The van der Waals surface area contributed by atoms with E-state index >= 15 is 0 Å². The van der Waals surface area contributed by atoms with Crippen molar-refractivity contribution in [1.29, 1.82) is 0 Å². The van der Waals surface area contributed by atoms with Crippen molar-refractivity contribution in [1.82, 2.24) is 18.1 Å². The highest BCUT2D eigenvalue weighted by Crippen LogP contribution is 2.22. The second-order valence-corrected chi connectivity index (χ2v) is 6.90. The van der Waals surface area contributed by atoms with Gasteiger partial charge in [0, 0.05) is 17.4 Å². The van der Waals surface area contributed by atoms with Gasteiger partial charge in [0.1, 0.15) is 16.7 Å². The lowest BCUT2D eigenvalue weighted by molar-refractivity contribution is 0.0985. The van der Waals surface area contributed by atoms with Crippen LogP contribution in [0.15, 0.2) is 79.1 Å². The predicted octanol–water partition coefficient (Wildman–Crippen LogP) is 4.19. The third-order valence-corrected chi connectivity index (χ3v) is 5.18. The summed E-state index contributed by atoms with van der Waals surface area (Å²) < 4.78 is 10.5. The van der Waals surface area contributed by atoms with Crippen molar-refractivity contribution in [3.63, 3.8) is 0 Å². The first-order valence-electron chi connectivity index (χ1n) is 8.80. The van der Waals surface area contributed by atoms with Gasteiger partial charge in [0.05, 0.1) is 30.2 Å². The van der Waals surface area contributed by atoms with Gasteiger partial charge in [-0.1, -0.05) is 24.3 Å². The van der Waals surface area contributed by atoms with Crippen LogP contribution in [-0.4, -0.2) is 24.0 Å². The first kappa shape index (κ1) is 16.6. The van der Waals surface area contributed by atoms with Crippen LogP contribution in [0.25, 0.3) is 16.7 Å². The molecule has 0 radical (unpaired) electrons. The quantitative estimate of drug-likeness (QED) is 0.465. The molecule has 28 heavy (non-hydrogen) atoms. The van der Waals surface area contributed by atoms with Crippen LogP contribution in [0.2, 0.25) is 0 Å². The van der Waals surface area contributed by atoms with Gasteiger partial charge in [-0.25, -0.2) is 4.98 Å². The van der Waals surface area contributed by atoms with E-state index in [1.165, 1.54) is 0 Å². The third kappa shape index (κ3) is 2.91. The Morgan fingerprint density at radius 1 is 0.964 bits per heavy atom. The number of para-hydroxylation sites is 1. The van der Waals surface area contributed by atoms with Crippen molar-refractivity contribution in [2.24, 2.45) is 0 Å². The largest absolute Gasteiger partial charge is 0.302 e. The Morgan fingerprint density at radius 2 is 1.79 bits per heavy atom. The van der Waals surface area contributed by atoms with Crippen LogP contribution in [0.5, 0.6) is 0 Å². The zero-order valence-corrected chi connectivity index (χ0v) is 15.6. The van der Waals surface area contributed by atoms with E-state index in [0.29, 0.717) is 12.1 Å². The normalized spacial score (nSPS) is 11.1. The molecule has 6 nitrogen and oxygen atoms in total. The summed E-state index contributed by atoms with van der Waals surface area (Å²) in [6.45, 7) is 0.404. The van der Waals surface area contributed by atoms with E-state index in [0.717, 1.165) is 39.8 Å². The number of aromatic nitrogens is 4. The minimum absolute atomic E-state index is 0.0908. The SMILES string of the molecule is O=C(c1ccc2nsnc2c1)N(Cc1cnc2ccccn12)c1ccccc1. The molecular weight excluding hydrogens is 370 g/mol. The van der Waals surface area contributed by atoms with Crippen LogP contribution in [0.1, 0.15) is 16.1 Å². The van der Waals surface area contributed by atoms with Gasteiger partial charge < -0.3 is 9.30 Å². The fourth-order valence-electron chi connectivity index (χ4n) is 3.22. The molecule has 0 N–H and O–H groups in total. The van der Waals surface area contributed by atoms with E-state index in [1.54, 1.807) is 17.0 Å². The molecule has 0 saturated carbocycles. The number of nitrogens with zero attached hydrogens (tertiary/aromatic N) is 5. The Hall–Kier alpha value is -3.58. The Labute approximate surface area is 165 Å². The summed E-state index contributed by atoms with van der Waals surface area (Å²) in [7, 11) is 0. The summed E-state index contributed by atoms with van der Waals surface area (Å²) in [6.07, 6.45) is 3.77. The van der Waals surface area contributed by atoms with Crippen LogP contribution in [0.4, 0.5) is 5.69 Å².